The van der Waals surface area contributed by atoms with E-state index in [9.17, 15) is 14.9 Å². The number of likely N-dealkylation sites (N-methyl/N-ethyl adjacent to an activating group) is 1. The van der Waals surface area contributed by atoms with Gasteiger partial charge in [-0.15, -0.1) is 12.4 Å². The number of nitro groups is 1. The molecule has 7 heteroatoms. The molecule has 1 rings (SSSR count). The maximum absolute atomic E-state index is 12.2. The number of halogens is 1. The number of hydrogen-bond donors (Lipinski definition) is 1. The Morgan fingerprint density at radius 1 is 1.32 bits per heavy atom. The molecule has 1 amide bonds. The summed E-state index contributed by atoms with van der Waals surface area (Å²) in [6, 6.07) is 4.89. The lowest BCUT2D eigenvalue weighted by Gasteiger charge is -2.20. The van der Waals surface area contributed by atoms with Crippen LogP contribution in [0.5, 0.6) is 0 Å². The van der Waals surface area contributed by atoms with E-state index in [1.54, 1.807) is 12.1 Å². The van der Waals surface area contributed by atoms with Crippen molar-refractivity contribution in [3.8, 4) is 0 Å². The minimum absolute atomic E-state index is 0. The van der Waals surface area contributed by atoms with Crippen molar-refractivity contribution in [2.24, 2.45) is 0 Å². The summed E-state index contributed by atoms with van der Waals surface area (Å²) < 4.78 is 0. The first-order valence-corrected chi connectivity index (χ1v) is 6.85. The number of carbonyl (C=O) groups excluding carboxylic acids is 1. The molecule has 0 unspecified atom stereocenters. The van der Waals surface area contributed by atoms with E-state index in [2.05, 4.69) is 5.32 Å². The van der Waals surface area contributed by atoms with Gasteiger partial charge in [0.25, 0.3) is 11.6 Å². The van der Waals surface area contributed by atoms with Crippen molar-refractivity contribution in [1.29, 1.82) is 0 Å². The van der Waals surface area contributed by atoms with E-state index < -0.39 is 16.2 Å². The first kappa shape index (κ1) is 20.3. The van der Waals surface area contributed by atoms with E-state index >= 15 is 0 Å². The van der Waals surface area contributed by atoms with E-state index in [0.717, 1.165) is 0 Å². The second kappa shape index (κ2) is 8.10. The first-order valence-electron chi connectivity index (χ1n) is 6.85. The molecule has 0 bridgehead atoms. The highest BCUT2D eigenvalue weighted by atomic mass is 35.5. The van der Waals surface area contributed by atoms with Crippen LogP contribution in [-0.2, 0) is 5.41 Å². The zero-order valence-corrected chi connectivity index (χ0v) is 14.5. The summed E-state index contributed by atoms with van der Waals surface area (Å²) in [7, 11) is 3.80. The van der Waals surface area contributed by atoms with Gasteiger partial charge in [-0.1, -0.05) is 32.9 Å². The molecule has 0 atom stereocenters. The third-order valence-corrected chi connectivity index (χ3v) is 3.12. The van der Waals surface area contributed by atoms with Crippen LogP contribution in [0.15, 0.2) is 18.2 Å². The number of nitrogens with zero attached hydrogens (tertiary/aromatic N) is 2. The lowest BCUT2D eigenvalue weighted by molar-refractivity contribution is -0.386. The Morgan fingerprint density at radius 2 is 1.91 bits per heavy atom. The van der Waals surface area contributed by atoms with Crippen LogP contribution in [0.3, 0.4) is 0 Å². The Labute approximate surface area is 137 Å². The van der Waals surface area contributed by atoms with Crippen LogP contribution in [0.1, 0.15) is 36.7 Å². The molecule has 6 nitrogen and oxygen atoms in total. The summed E-state index contributed by atoms with van der Waals surface area (Å²) in [5.74, 6) is -0.408. The quantitative estimate of drug-likeness (QED) is 0.665. The van der Waals surface area contributed by atoms with Crippen LogP contribution < -0.4 is 5.32 Å². The predicted molar refractivity (Wildman–Crippen MR) is 89.9 cm³/mol. The summed E-state index contributed by atoms with van der Waals surface area (Å²) in [6.07, 6.45) is 0. The predicted octanol–water partition coefficient (Wildman–Crippen LogP) is 2.61. The zero-order chi connectivity index (χ0) is 16.2. The van der Waals surface area contributed by atoms with E-state index in [1.807, 2.05) is 39.8 Å². The van der Waals surface area contributed by atoms with Gasteiger partial charge in [0, 0.05) is 18.7 Å². The Bertz CT molecular complexity index is 539. The summed E-state index contributed by atoms with van der Waals surface area (Å²) in [5.41, 5.74) is 0.175. The number of rotatable bonds is 5. The van der Waals surface area contributed by atoms with Crippen molar-refractivity contribution in [2.45, 2.75) is 26.2 Å². The summed E-state index contributed by atoms with van der Waals surface area (Å²) in [6.45, 7) is 6.80. The fourth-order valence-corrected chi connectivity index (χ4v) is 2.02. The van der Waals surface area contributed by atoms with Crippen LogP contribution in [-0.4, -0.2) is 42.9 Å². The van der Waals surface area contributed by atoms with Gasteiger partial charge in [-0.25, -0.2) is 0 Å². The average molecular weight is 330 g/mol. The molecule has 0 saturated heterocycles. The van der Waals surface area contributed by atoms with Crippen molar-refractivity contribution >= 4 is 24.0 Å². The first-order chi connectivity index (χ1) is 9.64. The van der Waals surface area contributed by atoms with E-state index in [-0.39, 0.29) is 23.7 Å². The summed E-state index contributed by atoms with van der Waals surface area (Å²) in [4.78, 5) is 25.0. The van der Waals surface area contributed by atoms with Gasteiger partial charge in [0.15, 0.2) is 0 Å². The largest absolute Gasteiger partial charge is 0.351 e. The second-order valence-corrected chi connectivity index (χ2v) is 6.27. The van der Waals surface area contributed by atoms with Crippen molar-refractivity contribution in [3.63, 3.8) is 0 Å². The lowest BCUT2D eigenvalue weighted by atomic mass is 9.84. The molecule has 1 aromatic rings. The Morgan fingerprint density at radius 3 is 2.36 bits per heavy atom. The molecule has 0 aromatic heterocycles. The highest BCUT2D eigenvalue weighted by molar-refractivity contribution is 5.98. The molecule has 0 radical (unpaired) electrons. The van der Waals surface area contributed by atoms with E-state index in [0.29, 0.717) is 18.7 Å². The molecule has 0 aliphatic heterocycles. The smallest absolute Gasteiger partial charge is 0.285 e. The van der Waals surface area contributed by atoms with E-state index in [4.69, 9.17) is 0 Å². The number of benzene rings is 1. The van der Waals surface area contributed by atoms with Crippen LogP contribution in [0, 0.1) is 10.1 Å². The summed E-state index contributed by atoms with van der Waals surface area (Å²) >= 11 is 0. The minimum atomic E-state index is -0.471. The fourth-order valence-electron chi connectivity index (χ4n) is 2.02. The molecule has 0 fully saturated rings. The van der Waals surface area contributed by atoms with Crippen molar-refractivity contribution < 1.29 is 9.72 Å². The monoisotopic (exact) mass is 329 g/mol. The molecule has 22 heavy (non-hydrogen) atoms. The third-order valence-electron chi connectivity index (χ3n) is 3.12. The van der Waals surface area contributed by atoms with Gasteiger partial charge in [-0.2, -0.15) is 0 Å². The van der Waals surface area contributed by atoms with Gasteiger partial charge in [-0.3, -0.25) is 14.9 Å². The highest BCUT2D eigenvalue weighted by Crippen LogP contribution is 2.33. The van der Waals surface area contributed by atoms with Crippen LogP contribution in [0.25, 0.3) is 0 Å². The molecular formula is C15H24ClN3O3. The lowest BCUT2D eigenvalue weighted by Crippen LogP contribution is -2.32. The molecule has 1 aromatic carbocycles. The number of nitro benzene ring substituents is 1. The number of nitrogens with one attached hydrogen (secondary N) is 1. The Kier molecular flexibility index (Phi) is 7.49. The molecule has 0 aliphatic carbocycles. The van der Waals surface area contributed by atoms with Crippen LogP contribution in [0.2, 0.25) is 0 Å². The fraction of sp³-hybridized carbons (Fsp3) is 0.533. The van der Waals surface area contributed by atoms with Crippen LogP contribution in [0.4, 0.5) is 5.69 Å². The second-order valence-electron chi connectivity index (χ2n) is 6.27. The minimum Gasteiger partial charge on any atom is -0.351 e. The molecule has 1 N–H and O–H groups in total. The maximum Gasteiger partial charge on any atom is 0.285 e. The SMILES string of the molecule is CN(C)CCNC(=O)c1cccc(C(C)(C)C)c1[N+](=O)[O-].Cl. The molecule has 0 saturated carbocycles. The number of para-hydroxylation sites is 1. The Balaban J connectivity index is 0.00000441. The molecule has 0 spiro atoms. The molecule has 124 valence electrons. The number of hydrogen-bond acceptors (Lipinski definition) is 4. The van der Waals surface area contributed by atoms with Gasteiger partial charge >= 0.3 is 0 Å². The van der Waals surface area contributed by atoms with Gasteiger partial charge < -0.3 is 10.2 Å². The molecular weight excluding hydrogens is 306 g/mol. The molecule has 0 heterocycles. The van der Waals surface area contributed by atoms with Crippen LogP contribution >= 0.6 is 12.4 Å². The van der Waals surface area contributed by atoms with E-state index in [1.165, 1.54) is 6.07 Å². The van der Waals surface area contributed by atoms with Crippen molar-refractivity contribution in [2.75, 3.05) is 27.2 Å². The highest BCUT2D eigenvalue weighted by Gasteiger charge is 2.30. The topological polar surface area (TPSA) is 75.5 Å². The summed E-state index contributed by atoms with van der Waals surface area (Å²) in [5, 5.41) is 14.1. The van der Waals surface area contributed by atoms with Crippen molar-refractivity contribution in [1.82, 2.24) is 10.2 Å². The molecule has 0 aliphatic rings. The zero-order valence-electron chi connectivity index (χ0n) is 13.7. The maximum atomic E-state index is 12.2. The normalized spacial score (nSPS) is 11.0. The van der Waals surface area contributed by atoms with Crippen molar-refractivity contribution in [3.05, 3.63) is 39.4 Å². The number of carbonyl (C=O) groups is 1. The van der Waals surface area contributed by atoms with Gasteiger partial charge in [0.1, 0.15) is 5.56 Å². The Hall–Kier alpha value is -1.66. The number of amides is 1. The third kappa shape index (κ3) is 5.27. The van der Waals surface area contributed by atoms with Gasteiger partial charge in [0.05, 0.1) is 4.92 Å². The standard InChI is InChI=1S/C15H23N3O3.ClH/c1-15(2,3)12-8-6-7-11(13(12)18(20)21)14(19)16-9-10-17(4)5;/h6-8H,9-10H2,1-5H3,(H,16,19);1H. The average Bonchev–Trinajstić information content (AvgIpc) is 2.36. The van der Waals surface area contributed by atoms with Gasteiger partial charge in [-0.05, 0) is 25.6 Å². The van der Waals surface area contributed by atoms with Gasteiger partial charge in [0.2, 0.25) is 0 Å².